The number of anilines is 1. The van der Waals surface area contributed by atoms with Crippen molar-refractivity contribution in [1.82, 2.24) is 0 Å². The van der Waals surface area contributed by atoms with E-state index in [4.69, 9.17) is 27.9 Å². The van der Waals surface area contributed by atoms with E-state index in [0.717, 1.165) is 0 Å². The zero-order valence-corrected chi connectivity index (χ0v) is 15.2. The Bertz CT molecular complexity index is 571. The van der Waals surface area contributed by atoms with Gasteiger partial charge in [0, 0.05) is 23.1 Å². The number of esters is 1. The maximum Gasteiger partial charge on any atom is 0.338 e. The minimum Gasteiger partial charge on any atom is -0.458 e. The highest BCUT2D eigenvalue weighted by Crippen LogP contribution is 2.20. The first-order chi connectivity index (χ1) is 11.1. The Morgan fingerprint density at radius 3 is 2.17 bits per heavy atom. The van der Waals surface area contributed by atoms with Crippen LogP contribution >= 0.6 is 23.2 Å². The van der Waals surface area contributed by atoms with Gasteiger partial charge in [0.15, 0.2) is 12.2 Å². The molecule has 6 nitrogen and oxygen atoms in total. The van der Waals surface area contributed by atoms with Gasteiger partial charge in [-0.2, -0.15) is 0 Å². The van der Waals surface area contributed by atoms with E-state index < -0.39 is 29.7 Å². The van der Waals surface area contributed by atoms with E-state index >= 15 is 0 Å². The molecule has 0 fully saturated rings. The van der Waals surface area contributed by atoms with Crippen LogP contribution in [0.15, 0.2) is 24.3 Å². The maximum atomic E-state index is 12.4. The largest absolute Gasteiger partial charge is 0.458 e. The lowest BCUT2D eigenvalue weighted by Crippen LogP contribution is -2.49. The van der Waals surface area contributed by atoms with Gasteiger partial charge < -0.3 is 19.8 Å². The summed E-state index contributed by atoms with van der Waals surface area (Å²) >= 11 is 11.5. The molecule has 1 aromatic carbocycles. The summed E-state index contributed by atoms with van der Waals surface area (Å²) < 4.78 is 4.97. The van der Waals surface area contributed by atoms with E-state index in [1.54, 1.807) is 45.0 Å². The fourth-order valence-electron chi connectivity index (χ4n) is 1.86. The fourth-order valence-corrected chi connectivity index (χ4v) is 2.15. The predicted octanol–water partition coefficient (Wildman–Crippen LogP) is 1.98. The number of aliphatic hydroxyl groups is 2. The van der Waals surface area contributed by atoms with Crippen LogP contribution in [0.2, 0.25) is 5.02 Å². The van der Waals surface area contributed by atoms with Crippen molar-refractivity contribution in [3.8, 4) is 0 Å². The van der Waals surface area contributed by atoms with E-state index in [9.17, 15) is 19.8 Å². The molecule has 134 valence electrons. The van der Waals surface area contributed by atoms with Gasteiger partial charge in [0.25, 0.3) is 5.91 Å². The molecular formula is C16H21Cl2NO5. The normalized spacial score (nSPS) is 14.0. The predicted molar refractivity (Wildman–Crippen MR) is 92.4 cm³/mol. The number of ether oxygens (including phenoxy) is 1. The number of nitrogens with zero attached hydrogens (tertiary/aromatic N) is 1. The van der Waals surface area contributed by atoms with Crippen molar-refractivity contribution >= 4 is 40.8 Å². The molecule has 0 aliphatic carbocycles. The number of aliphatic hydroxyl groups excluding tert-OH is 2. The minimum atomic E-state index is -2.00. The number of carbonyl (C=O) groups excluding carboxylic acids is 2. The highest BCUT2D eigenvalue weighted by molar-refractivity contribution is 6.30. The summed E-state index contributed by atoms with van der Waals surface area (Å²) in [6, 6.07) is 6.28. The molecule has 2 atom stereocenters. The number of alkyl halides is 1. The van der Waals surface area contributed by atoms with Crippen LogP contribution in [-0.2, 0) is 14.3 Å². The van der Waals surface area contributed by atoms with E-state index in [-0.39, 0.29) is 12.4 Å². The van der Waals surface area contributed by atoms with Crippen LogP contribution in [0, 0.1) is 0 Å². The average Bonchev–Trinajstić information content (AvgIpc) is 2.50. The molecule has 0 spiro atoms. The van der Waals surface area contributed by atoms with Crippen molar-refractivity contribution in [1.29, 1.82) is 0 Å². The minimum absolute atomic E-state index is 0.0835. The van der Waals surface area contributed by atoms with Gasteiger partial charge in [-0.3, -0.25) is 4.79 Å². The summed E-state index contributed by atoms with van der Waals surface area (Å²) in [6.45, 7) is 4.91. The molecule has 0 unspecified atom stereocenters. The fraction of sp³-hybridized carbons (Fsp3) is 0.500. The third-order valence-corrected chi connectivity index (χ3v) is 3.33. The van der Waals surface area contributed by atoms with Crippen molar-refractivity contribution in [3.63, 3.8) is 0 Å². The van der Waals surface area contributed by atoms with Crippen molar-refractivity contribution in [3.05, 3.63) is 29.3 Å². The Morgan fingerprint density at radius 1 is 1.17 bits per heavy atom. The van der Waals surface area contributed by atoms with Crippen LogP contribution in [0.3, 0.4) is 0 Å². The van der Waals surface area contributed by atoms with Gasteiger partial charge in [-0.05, 0) is 45.0 Å². The standard InChI is InChI=1S/C16H21Cl2NO5/c1-16(2,3)24-15(23)13(21)12(20)14(22)19(9-8-17)11-6-4-10(18)5-7-11/h4-7,12-13,20-21H,8-9H2,1-3H3/t12-,13-/m1/s1. The first-order valence-corrected chi connectivity index (χ1v) is 8.20. The molecule has 0 radical (unpaired) electrons. The molecule has 24 heavy (non-hydrogen) atoms. The van der Waals surface area contributed by atoms with Crippen LogP contribution in [0.4, 0.5) is 5.69 Å². The number of benzene rings is 1. The lowest BCUT2D eigenvalue weighted by molar-refractivity contribution is -0.173. The second-order valence-electron chi connectivity index (χ2n) is 6.08. The number of halogens is 2. The Kier molecular flexibility index (Phi) is 7.48. The zero-order valence-electron chi connectivity index (χ0n) is 13.7. The van der Waals surface area contributed by atoms with E-state index in [0.29, 0.717) is 10.7 Å². The van der Waals surface area contributed by atoms with Gasteiger partial charge in [0.05, 0.1) is 0 Å². The molecule has 0 saturated carbocycles. The summed E-state index contributed by atoms with van der Waals surface area (Å²) in [4.78, 5) is 25.4. The van der Waals surface area contributed by atoms with Crippen LogP contribution in [0.5, 0.6) is 0 Å². The molecule has 0 aliphatic rings. The van der Waals surface area contributed by atoms with Gasteiger partial charge >= 0.3 is 5.97 Å². The molecule has 0 bridgehead atoms. The van der Waals surface area contributed by atoms with E-state index in [2.05, 4.69) is 0 Å². The van der Waals surface area contributed by atoms with E-state index in [1.807, 2.05) is 0 Å². The molecule has 1 amide bonds. The highest BCUT2D eigenvalue weighted by Gasteiger charge is 2.36. The molecule has 0 saturated heterocycles. The monoisotopic (exact) mass is 377 g/mol. The van der Waals surface area contributed by atoms with Crippen LogP contribution < -0.4 is 4.90 Å². The highest BCUT2D eigenvalue weighted by atomic mass is 35.5. The second-order valence-corrected chi connectivity index (χ2v) is 6.89. The SMILES string of the molecule is CC(C)(C)OC(=O)[C@H](O)[C@@H](O)C(=O)N(CCCl)c1ccc(Cl)cc1. The molecule has 0 aromatic heterocycles. The maximum absolute atomic E-state index is 12.4. The molecule has 1 rings (SSSR count). The van der Waals surface area contributed by atoms with Crippen molar-refractivity contribution < 1.29 is 24.5 Å². The zero-order chi connectivity index (χ0) is 18.5. The van der Waals surface area contributed by atoms with Crippen LogP contribution in [0.1, 0.15) is 20.8 Å². The van der Waals surface area contributed by atoms with Crippen molar-refractivity contribution in [2.75, 3.05) is 17.3 Å². The number of rotatable bonds is 6. The number of amides is 1. The Morgan fingerprint density at radius 2 is 1.71 bits per heavy atom. The van der Waals surface area contributed by atoms with Gasteiger partial charge in [-0.1, -0.05) is 11.6 Å². The average molecular weight is 378 g/mol. The Balaban J connectivity index is 2.93. The summed E-state index contributed by atoms with van der Waals surface area (Å²) in [5.41, 5.74) is -0.423. The third kappa shape index (κ3) is 5.94. The molecule has 1 aromatic rings. The molecule has 0 heterocycles. The van der Waals surface area contributed by atoms with Crippen LogP contribution in [-0.4, -0.2) is 52.3 Å². The molecule has 2 N–H and O–H groups in total. The molecular weight excluding hydrogens is 357 g/mol. The summed E-state index contributed by atoms with van der Waals surface area (Å²) in [6.07, 6.45) is -3.97. The van der Waals surface area contributed by atoms with Crippen molar-refractivity contribution in [2.24, 2.45) is 0 Å². The summed E-state index contributed by atoms with van der Waals surface area (Å²) in [7, 11) is 0. The smallest absolute Gasteiger partial charge is 0.338 e. The summed E-state index contributed by atoms with van der Waals surface area (Å²) in [5, 5.41) is 20.4. The number of carbonyl (C=O) groups is 2. The number of hydrogen-bond acceptors (Lipinski definition) is 5. The first-order valence-electron chi connectivity index (χ1n) is 7.28. The number of hydrogen-bond donors (Lipinski definition) is 2. The van der Waals surface area contributed by atoms with Gasteiger partial charge in [-0.25, -0.2) is 4.79 Å². The summed E-state index contributed by atoms with van der Waals surface area (Å²) in [5.74, 6) is -1.84. The van der Waals surface area contributed by atoms with E-state index in [1.165, 1.54) is 4.90 Å². The van der Waals surface area contributed by atoms with Crippen LogP contribution in [0.25, 0.3) is 0 Å². The molecule has 0 aliphatic heterocycles. The van der Waals surface area contributed by atoms with Gasteiger partial charge in [0.2, 0.25) is 0 Å². The first kappa shape index (κ1) is 20.7. The Labute approximate surface area is 150 Å². The lowest BCUT2D eigenvalue weighted by atomic mass is 10.1. The molecule has 8 heteroatoms. The van der Waals surface area contributed by atoms with Gasteiger partial charge in [0.1, 0.15) is 5.60 Å². The second kappa shape index (κ2) is 8.67. The lowest BCUT2D eigenvalue weighted by Gasteiger charge is -2.27. The third-order valence-electron chi connectivity index (χ3n) is 2.91. The quantitative estimate of drug-likeness (QED) is 0.584. The van der Waals surface area contributed by atoms with Crippen molar-refractivity contribution in [2.45, 2.75) is 38.6 Å². The van der Waals surface area contributed by atoms with Gasteiger partial charge in [-0.15, -0.1) is 11.6 Å². The Hall–Kier alpha value is -1.34. The topological polar surface area (TPSA) is 87.1 Å².